The molecule has 0 aliphatic heterocycles. The third kappa shape index (κ3) is 2.43. The van der Waals surface area contributed by atoms with E-state index in [2.05, 4.69) is 49.5 Å². The van der Waals surface area contributed by atoms with E-state index in [9.17, 15) is 0 Å². The second kappa shape index (κ2) is 5.14. The molecule has 4 heteroatoms. The molecule has 0 aliphatic carbocycles. The predicted molar refractivity (Wildman–Crippen MR) is 68.7 cm³/mol. The highest BCUT2D eigenvalue weighted by molar-refractivity contribution is 5.58. The minimum Gasteiger partial charge on any atom is -0.383 e. The lowest BCUT2D eigenvalue weighted by atomic mass is 10.0. The van der Waals surface area contributed by atoms with E-state index < -0.39 is 0 Å². The number of anilines is 2. The molecule has 0 unspecified atom stereocenters. The van der Waals surface area contributed by atoms with Gasteiger partial charge in [-0.05, 0) is 26.7 Å². The molecule has 0 bridgehead atoms. The van der Waals surface area contributed by atoms with Gasteiger partial charge < -0.3 is 10.6 Å². The lowest BCUT2D eigenvalue weighted by Gasteiger charge is -2.29. The van der Waals surface area contributed by atoms with Crippen LogP contribution in [0.15, 0.2) is 6.33 Å². The summed E-state index contributed by atoms with van der Waals surface area (Å²) in [5, 5.41) is 0. The minimum absolute atomic E-state index is 0.337. The van der Waals surface area contributed by atoms with Crippen molar-refractivity contribution in [2.45, 2.75) is 46.6 Å². The van der Waals surface area contributed by atoms with Gasteiger partial charge in [0.05, 0.1) is 0 Å². The zero-order valence-electron chi connectivity index (χ0n) is 10.9. The SMILES string of the molecule is CCN(c1ncnc(N)c1C(C)C)C(C)C. The summed E-state index contributed by atoms with van der Waals surface area (Å²) in [6.07, 6.45) is 1.54. The third-order valence-electron chi connectivity index (χ3n) is 2.71. The van der Waals surface area contributed by atoms with Crippen molar-refractivity contribution in [2.75, 3.05) is 17.2 Å². The Labute approximate surface area is 97.9 Å². The molecule has 4 nitrogen and oxygen atoms in total. The summed E-state index contributed by atoms with van der Waals surface area (Å²) >= 11 is 0. The molecule has 16 heavy (non-hydrogen) atoms. The first kappa shape index (κ1) is 12.7. The fourth-order valence-corrected chi connectivity index (χ4v) is 1.94. The van der Waals surface area contributed by atoms with E-state index in [1.807, 2.05) is 0 Å². The van der Waals surface area contributed by atoms with Gasteiger partial charge in [0.15, 0.2) is 0 Å². The Morgan fingerprint density at radius 2 is 1.88 bits per heavy atom. The van der Waals surface area contributed by atoms with E-state index in [-0.39, 0.29) is 0 Å². The Bertz CT molecular complexity index is 347. The number of hydrogen-bond donors (Lipinski definition) is 1. The summed E-state index contributed by atoms with van der Waals surface area (Å²) in [4.78, 5) is 10.7. The molecule has 0 fully saturated rings. The Kier molecular flexibility index (Phi) is 4.10. The first-order valence-electron chi connectivity index (χ1n) is 5.86. The van der Waals surface area contributed by atoms with Crippen LogP contribution in [0.2, 0.25) is 0 Å². The summed E-state index contributed by atoms with van der Waals surface area (Å²) in [6.45, 7) is 11.6. The molecular weight excluding hydrogens is 200 g/mol. The van der Waals surface area contributed by atoms with Crippen molar-refractivity contribution in [1.82, 2.24) is 9.97 Å². The molecule has 0 radical (unpaired) electrons. The summed E-state index contributed by atoms with van der Waals surface area (Å²) in [6, 6.07) is 0.414. The molecule has 2 N–H and O–H groups in total. The van der Waals surface area contributed by atoms with E-state index in [4.69, 9.17) is 5.73 Å². The summed E-state index contributed by atoms with van der Waals surface area (Å²) < 4.78 is 0. The molecule has 90 valence electrons. The molecule has 1 aromatic heterocycles. The molecule has 0 saturated carbocycles. The number of nitrogen functional groups attached to an aromatic ring is 1. The molecule has 0 aromatic carbocycles. The highest BCUT2D eigenvalue weighted by Crippen LogP contribution is 2.29. The monoisotopic (exact) mass is 222 g/mol. The van der Waals surface area contributed by atoms with Crippen LogP contribution in [0.25, 0.3) is 0 Å². The molecule has 0 amide bonds. The lowest BCUT2D eigenvalue weighted by Crippen LogP contribution is -2.32. The van der Waals surface area contributed by atoms with Gasteiger partial charge in [-0.25, -0.2) is 9.97 Å². The van der Waals surface area contributed by atoms with Gasteiger partial charge in [0.2, 0.25) is 0 Å². The van der Waals surface area contributed by atoms with Gasteiger partial charge in [-0.2, -0.15) is 0 Å². The highest BCUT2D eigenvalue weighted by atomic mass is 15.2. The Balaban J connectivity index is 3.26. The molecular formula is C12H22N4. The van der Waals surface area contributed by atoms with E-state index in [0.717, 1.165) is 17.9 Å². The number of nitrogens with zero attached hydrogens (tertiary/aromatic N) is 3. The predicted octanol–water partition coefficient (Wildman–Crippen LogP) is 2.42. The zero-order chi connectivity index (χ0) is 12.3. The van der Waals surface area contributed by atoms with Crippen molar-refractivity contribution in [3.8, 4) is 0 Å². The second-order valence-corrected chi connectivity index (χ2v) is 4.53. The number of aromatic nitrogens is 2. The summed E-state index contributed by atoms with van der Waals surface area (Å²) in [7, 11) is 0. The van der Waals surface area contributed by atoms with Gasteiger partial charge in [0.1, 0.15) is 18.0 Å². The Hall–Kier alpha value is -1.32. The third-order valence-corrected chi connectivity index (χ3v) is 2.71. The molecule has 0 aliphatic rings. The smallest absolute Gasteiger partial charge is 0.137 e. The lowest BCUT2D eigenvalue weighted by molar-refractivity contribution is 0.680. The van der Waals surface area contributed by atoms with Crippen molar-refractivity contribution < 1.29 is 0 Å². The van der Waals surface area contributed by atoms with Crippen LogP contribution >= 0.6 is 0 Å². The average molecular weight is 222 g/mol. The number of rotatable bonds is 4. The van der Waals surface area contributed by atoms with Crippen LogP contribution in [-0.4, -0.2) is 22.6 Å². The fourth-order valence-electron chi connectivity index (χ4n) is 1.94. The maximum Gasteiger partial charge on any atom is 0.137 e. The number of hydrogen-bond acceptors (Lipinski definition) is 4. The normalized spacial score (nSPS) is 11.2. The van der Waals surface area contributed by atoms with Crippen molar-refractivity contribution in [3.63, 3.8) is 0 Å². The minimum atomic E-state index is 0.337. The largest absolute Gasteiger partial charge is 0.383 e. The van der Waals surface area contributed by atoms with Gasteiger partial charge in [-0.3, -0.25) is 0 Å². The van der Waals surface area contributed by atoms with Gasteiger partial charge >= 0.3 is 0 Å². The molecule has 0 spiro atoms. The highest BCUT2D eigenvalue weighted by Gasteiger charge is 2.19. The van der Waals surface area contributed by atoms with Gasteiger partial charge in [-0.1, -0.05) is 13.8 Å². The maximum atomic E-state index is 5.94. The van der Waals surface area contributed by atoms with Crippen LogP contribution in [0.5, 0.6) is 0 Å². The van der Waals surface area contributed by atoms with Crippen LogP contribution in [-0.2, 0) is 0 Å². The summed E-state index contributed by atoms with van der Waals surface area (Å²) in [5.41, 5.74) is 6.99. The van der Waals surface area contributed by atoms with Gasteiger partial charge in [0, 0.05) is 18.2 Å². The van der Waals surface area contributed by atoms with E-state index in [1.54, 1.807) is 6.33 Å². The first-order valence-corrected chi connectivity index (χ1v) is 5.86. The molecule has 1 rings (SSSR count). The van der Waals surface area contributed by atoms with Crippen LogP contribution in [0.1, 0.15) is 46.1 Å². The fraction of sp³-hybridized carbons (Fsp3) is 0.667. The quantitative estimate of drug-likeness (QED) is 0.850. The van der Waals surface area contributed by atoms with E-state index in [1.165, 1.54) is 0 Å². The van der Waals surface area contributed by atoms with E-state index >= 15 is 0 Å². The van der Waals surface area contributed by atoms with Crippen LogP contribution in [0.3, 0.4) is 0 Å². The first-order chi connectivity index (χ1) is 7.49. The van der Waals surface area contributed by atoms with Crippen molar-refractivity contribution >= 4 is 11.6 Å². The molecule has 1 heterocycles. The van der Waals surface area contributed by atoms with Crippen molar-refractivity contribution in [2.24, 2.45) is 0 Å². The molecule has 1 aromatic rings. The van der Waals surface area contributed by atoms with Crippen LogP contribution in [0.4, 0.5) is 11.6 Å². The van der Waals surface area contributed by atoms with Crippen molar-refractivity contribution in [3.05, 3.63) is 11.9 Å². The maximum absolute atomic E-state index is 5.94. The van der Waals surface area contributed by atoms with Crippen LogP contribution in [0, 0.1) is 0 Å². The zero-order valence-corrected chi connectivity index (χ0v) is 10.9. The van der Waals surface area contributed by atoms with Crippen molar-refractivity contribution in [1.29, 1.82) is 0 Å². The average Bonchev–Trinajstić information content (AvgIpc) is 2.17. The standard InChI is InChI=1S/C12H22N4/c1-6-16(9(4)5)12-10(8(2)3)11(13)14-7-15-12/h7-9H,6H2,1-5H3,(H2,13,14,15). The van der Waals surface area contributed by atoms with Gasteiger partial charge in [-0.15, -0.1) is 0 Å². The second-order valence-electron chi connectivity index (χ2n) is 4.53. The van der Waals surface area contributed by atoms with Crippen LogP contribution < -0.4 is 10.6 Å². The van der Waals surface area contributed by atoms with E-state index in [0.29, 0.717) is 17.8 Å². The summed E-state index contributed by atoms with van der Waals surface area (Å²) in [5.74, 6) is 1.91. The van der Waals surface area contributed by atoms with Gasteiger partial charge in [0.25, 0.3) is 0 Å². The molecule has 0 atom stereocenters. The number of nitrogens with two attached hydrogens (primary N) is 1. The Morgan fingerprint density at radius 3 is 2.31 bits per heavy atom. The molecule has 0 saturated heterocycles. The topological polar surface area (TPSA) is 55.0 Å². The Morgan fingerprint density at radius 1 is 1.25 bits per heavy atom.